The lowest BCUT2D eigenvalue weighted by atomic mass is 9.98. The zero-order valence-electron chi connectivity index (χ0n) is 33.5. The van der Waals surface area contributed by atoms with Gasteiger partial charge in [-0.05, 0) is 22.3 Å². The number of rotatable bonds is 22. The van der Waals surface area contributed by atoms with E-state index in [9.17, 15) is 19.8 Å². The normalized spacial score (nSPS) is 19.9. The molecule has 6 aromatic rings. The Morgan fingerprint density at radius 1 is 0.590 bits per heavy atom. The van der Waals surface area contributed by atoms with Crippen LogP contribution in [0.4, 0.5) is 0 Å². The maximum absolute atomic E-state index is 12.4. The molecular weight excluding hydrogens is 785 g/mol. The molecule has 1 aliphatic heterocycles. The van der Waals surface area contributed by atoms with Gasteiger partial charge in [-0.1, -0.05) is 132 Å². The number of carboxylic acids is 2. The fraction of sp³-hybridized carbons (Fsp3) is 0.333. The van der Waals surface area contributed by atoms with Crippen LogP contribution in [0, 0.1) is 0 Å². The number of carbonyl (C=O) groups is 2. The smallest absolute Gasteiger partial charge is 0.328 e. The summed E-state index contributed by atoms with van der Waals surface area (Å²) in [7, 11) is 1.52. The summed E-state index contributed by atoms with van der Waals surface area (Å²) in [5.41, 5.74) is 4.35. The van der Waals surface area contributed by atoms with Crippen LogP contribution in [0.1, 0.15) is 45.7 Å². The van der Waals surface area contributed by atoms with E-state index < -0.39 is 54.7 Å². The zero-order chi connectivity index (χ0) is 42.4. The molecule has 7 rings (SSSR count). The highest BCUT2D eigenvalue weighted by atomic mass is 16.7. The first-order chi connectivity index (χ1) is 29.8. The first kappa shape index (κ1) is 43.0. The van der Waals surface area contributed by atoms with Gasteiger partial charge in [-0.3, -0.25) is 0 Å². The molecule has 1 saturated heterocycles. The number of nitrogens with zero attached hydrogens (tertiary/aromatic N) is 6. The van der Waals surface area contributed by atoms with Gasteiger partial charge in [-0.15, -0.1) is 10.2 Å². The lowest BCUT2D eigenvalue weighted by molar-refractivity contribution is -0.323. The van der Waals surface area contributed by atoms with Crippen molar-refractivity contribution in [1.82, 2.24) is 30.0 Å². The third-order valence-electron chi connectivity index (χ3n) is 10.2. The van der Waals surface area contributed by atoms with E-state index in [-0.39, 0.29) is 45.9 Å². The summed E-state index contributed by atoms with van der Waals surface area (Å²) in [6.45, 7) is 0.330. The van der Waals surface area contributed by atoms with Crippen molar-refractivity contribution in [3.05, 3.63) is 167 Å². The minimum atomic E-state index is -1.05. The van der Waals surface area contributed by atoms with Crippen molar-refractivity contribution in [1.29, 1.82) is 0 Å². The summed E-state index contributed by atoms with van der Waals surface area (Å²) in [4.78, 5) is 24.6. The second-order valence-electron chi connectivity index (χ2n) is 14.6. The molecule has 4 aromatic carbocycles. The van der Waals surface area contributed by atoms with E-state index in [0.29, 0.717) is 11.4 Å². The van der Waals surface area contributed by atoms with Gasteiger partial charge in [0.1, 0.15) is 35.8 Å². The third kappa shape index (κ3) is 11.8. The van der Waals surface area contributed by atoms with Crippen molar-refractivity contribution in [3.8, 4) is 0 Å². The van der Waals surface area contributed by atoms with E-state index in [2.05, 4.69) is 20.6 Å². The summed E-state index contributed by atoms with van der Waals surface area (Å²) in [5, 5.41) is 36.9. The Bertz CT molecular complexity index is 2250. The summed E-state index contributed by atoms with van der Waals surface area (Å²) in [6.07, 6.45) is -0.519. The van der Waals surface area contributed by atoms with E-state index in [1.807, 2.05) is 121 Å². The fourth-order valence-electron chi connectivity index (χ4n) is 7.09. The molecule has 0 saturated carbocycles. The molecule has 16 nitrogen and oxygen atoms in total. The van der Waals surface area contributed by atoms with E-state index in [1.54, 1.807) is 12.4 Å². The number of benzene rings is 4. The lowest BCUT2D eigenvalue weighted by Gasteiger charge is -2.45. The van der Waals surface area contributed by atoms with E-state index in [0.717, 1.165) is 22.3 Å². The molecule has 7 atom stereocenters. The predicted octanol–water partition coefficient (Wildman–Crippen LogP) is 5.25. The van der Waals surface area contributed by atoms with Crippen LogP contribution in [-0.4, -0.2) is 96.6 Å². The average molecular weight is 833 g/mol. The molecule has 16 heteroatoms. The number of hydrogen-bond acceptors (Lipinski definition) is 12. The van der Waals surface area contributed by atoms with Crippen molar-refractivity contribution < 1.29 is 48.2 Å². The van der Waals surface area contributed by atoms with Gasteiger partial charge in [0.15, 0.2) is 18.4 Å². The number of carboxylic acid groups (broad SMARTS) is 2. The van der Waals surface area contributed by atoms with Crippen LogP contribution in [0.25, 0.3) is 0 Å². The zero-order valence-corrected chi connectivity index (χ0v) is 33.5. The highest BCUT2D eigenvalue weighted by molar-refractivity contribution is 5.72. The van der Waals surface area contributed by atoms with Gasteiger partial charge < -0.3 is 38.6 Å². The molecular formula is C45H48N6O10. The fourth-order valence-corrected chi connectivity index (χ4v) is 7.09. The third-order valence-corrected chi connectivity index (χ3v) is 10.2. The molecule has 2 aromatic heterocycles. The van der Waals surface area contributed by atoms with Crippen LogP contribution in [0.3, 0.4) is 0 Å². The van der Waals surface area contributed by atoms with E-state index in [4.69, 9.17) is 28.4 Å². The van der Waals surface area contributed by atoms with Gasteiger partial charge in [0.25, 0.3) is 0 Å². The standard InChI is InChI=1S/C45H48N6O10/c1-56-45-42(59-27-34-20-12-5-13-21-34)41(58-26-33-18-10-4-11-19-33)40(60-29-36-25-51(49-47-36)38(44(54)55)23-32-16-8-3-9-17-32)39(61-45)30-57-28-35-24-50(48-46-35)37(43(52)53)22-31-14-6-2-7-15-31/h2-21,24-25,37-42,45H,22-23,26-30H2,1H3,(H,52,53)(H,54,55)/t37-,38-,39+,40+,41-,42+,45-/m0/s1. The van der Waals surface area contributed by atoms with Gasteiger partial charge in [-0.25, -0.2) is 19.0 Å². The van der Waals surface area contributed by atoms with Crippen LogP contribution in [-0.2, 0) is 77.3 Å². The molecule has 2 N–H and O–H groups in total. The summed E-state index contributed by atoms with van der Waals surface area (Å²) in [6, 6.07) is 36.0. The maximum Gasteiger partial charge on any atom is 0.328 e. The Kier molecular flexibility index (Phi) is 15.1. The Morgan fingerprint density at radius 3 is 1.48 bits per heavy atom. The Balaban J connectivity index is 1.11. The van der Waals surface area contributed by atoms with Gasteiger partial charge in [0, 0.05) is 20.0 Å². The van der Waals surface area contributed by atoms with Crippen LogP contribution in [0.15, 0.2) is 134 Å². The van der Waals surface area contributed by atoms with E-state index >= 15 is 0 Å². The minimum absolute atomic E-state index is 0.0162. The summed E-state index contributed by atoms with van der Waals surface area (Å²) < 4.78 is 41.1. The average Bonchev–Trinajstić information content (AvgIpc) is 3.97. The second kappa shape index (κ2) is 21.4. The number of methoxy groups -OCH3 is 1. The summed E-state index contributed by atoms with van der Waals surface area (Å²) in [5.74, 6) is -2.09. The van der Waals surface area contributed by atoms with Gasteiger partial charge in [0.2, 0.25) is 0 Å². The predicted molar refractivity (Wildman–Crippen MR) is 218 cm³/mol. The van der Waals surface area contributed by atoms with Crippen molar-refractivity contribution in [2.75, 3.05) is 13.7 Å². The number of ether oxygens (including phenoxy) is 6. The molecule has 0 radical (unpaired) electrons. The topological polar surface area (TPSA) is 191 Å². The molecule has 1 fully saturated rings. The van der Waals surface area contributed by atoms with Crippen molar-refractivity contribution in [3.63, 3.8) is 0 Å². The number of aromatic nitrogens is 6. The molecule has 1 aliphatic rings. The Morgan fingerprint density at radius 2 is 1.02 bits per heavy atom. The number of hydrogen-bond donors (Lipinski definition) is 2. The SMILES string of the molecule is CO[C@H]1O[C@H](COCc2cn([C@@H](Cc3ccccc3)C(=O)O)nn2)[C@@H](OCc2cn([C@@H](Cc3ccccc3)C(=O)O)nn2)[C@H](OCc2ccccc2)[C@H]1OCc1ccccc1. The van der Waals surface area contributed by atoms with Crippen molar-refractivity contribution in [2.45, 2.75) is 82.1 Å². The van der Waals surface area contributed by atoms with Crippen LogP contribution in [0.5, 0.6) is 0 Å². The largest absolute Gasteiger partial charge is 0.480 e. The van der Waals surface area contributed by atoms with Gasteiger partial charge >= 0.3 is 11.9 Å². The van der Waals surface area contributed by atoms with Crippen LogP contribution >= 0.6 is 0 Å². The van der Waals surface area contributed by atoms with Crippen LogP contribution < -0.4 is 0 Å². The molecule has 0 amide bonds. The van der Waals surface area contributed by atoms with Gasteiger partial charge in [0.05, 0.1) is 45.4 Å². The van der Waals surface area contributed by atoms with Crippen molar-refractivity contribution >= 4 is 11.9 Å². The Labute approximate surface area is 352 Å². The lowest BCUT2D eigenvalue weighted by Crippen LogP contribution is -2.61. The molecule has 0 bridgehead atoms. The molecule has 61 heavy (non-hydrogen) atoms. The molecule has 0 unspecified atom stereocenters. The number of aliphatic carboxylic acids is 2. The molecule has 0 aliphatic carbocycles. The molecule has 0 spiro atoms. The quantitative estimate of drug-likeness (QED) is 0.0902. The minimum Gasteiger partial charge on any atom is -0.480 e. The monoisotopic (exact) mass is 832 g/mol. The van der Waals surface area contributed by atoms with Gasteiger partial charge in [-0.2, -0.15) is 0 Å². The maximum atomic E-state index is 12.4. The molecule has 318 valence electrons. The van der Waals surface area contributed by atoms with Crippen molar-refractivity contribution in [2.24, 2.45) is 0 Å². The molecule has 3 heterocycles. The Hall–Kier alpha value is -6.14. The first-order valence-corrected chi connectivity index (χ1v) is 19.9. The van der Waals surface area contributed by atoms with E-state index in [1.165, 1.54) is 16.5 Å². The highest BCUT2D eigenvalue weighted by Gasteiger charge is 2.49. The summed E-state index contributed by atoms with van der Waals surface area (Å²) >= 11 is 0. The second-order valence-corrected chi connectivity index (χ2v) is 14.6. The van der Waals surface area contributed by atoms with Crippen LogP contribution in [0.2, 0.25) is 0 Å². The first-order valence-electron chi connectivity index (χ1n) is 19.9. The highest BCUT2D eigenvalue weighted by Crippen LogP contribution is 2.31.